The minimum atomic E-state index is 0.482. The fourth-order valence-corrected chi connectivity index (χ4v) is 2.71. The summed E-state index contributed by atoms with van der Waals surface area (Å²) in [5.74, 6) is 2.26. The first kappa shape index (κ1) is 13.5. The number of rotatable bonds is 3. The van der Waals surface area contributed by atoms with E-state index < -0.39 is 0 Å². The van der Waals surface area contributed by atoms with E-state index in [4.69, 9.17) is 5.73 Å². The van der Waals surface area contributed by atoms with Gasteiger partial charge in [0.2, 0.25) is 0 Å². The molecule has 0 radical (unpaired) electrons. The molecule has 3 aromatic rings. The van der Waals surface area contributed by atoms with E-state index in [2.05, 4.69) is 38.5 Å². The van der Waals surface area contributed by atoms with Crippen molar-refractivity contribution in [2.24, 2.45) is 4.99 Å². The third kappa shape index (κ3) is 2.55. The highest BCUT2D eigenvalue weighted by Gasteiger charge is 2.12. The Morgan fingerprint density at radius 3 is 2.83 bits per heavy atom. The molecule has 3 heterocycles. The van der Waals surface area contributed by atoms with Gasteiger partial charge in [-0.1, -0.05) is 12.1 Å². The van der Waals surface area contributed by atoms with Crippen LogP contribution in [0.1, 0.15) is 5.56 Å². The molecule has 1 aliphatic rings. The fourth-order valence-electron chi connectivity index (χ4n) is 2.71. The van der Waals surface area contributed by atoms with E-state index in [0.29, 0.717) is 5.82 Å². The third-order valence-corrected chi connectivity index (χ3v) is 3.75. The number of anilines is 1. The second-order valence-electron chi connectivity index (χ2n) is 5.30. The Kier molecular flexibility index (Phi) is 3.27. The molecule has 1 aliphatic heterocycles. The van der Waals surface area contributed by atoms with Crippen LogP contribution < -0.4 is 11.1 Å². The maximum absolute atomic E-state index is 5.79. The molecule has 0 bridgehead atoms. The van der Waals surface area contributed by atoms with Crippen molar-refractivity contribution >= 4 is 11.7 Å². The normalized spacial score (nSPS) is 13.7. The van der Waals surface area contributed by atoms with Crippen LogP contribution in [0.5, 0.6) is 0 Å². The van der Waals surface area contributed by atoms with E-state index in [1.807, 2.05) is 29.0 Å². The van der Waals surface area contributed by atoms with Gasteiger partial charge in [0.15, 0.2) is 0 Å². The molecular formula is C17H16N6. The number of nitrogen functional groups attached to an aromatic ring is 1. The molecule has 2 aromatic heterocycles. The van der Waals surface area contributed by atoms with Crippen molar-refractivity contribution in [3.8, 4) is 17.1 Å². The van der Waals surface area contributed by atoms with Crippen LogP contribution in [0.4, 0.5) is 5.82 Å². The molecule has 23 heavy (non-hydrogen) atoms. The summed E-state index contributed by atoms with van der Waals surface area (Å²) in [6.07, 6.45) is 5.41. The second kappa shape index (κ2) is 5.57. The molecule has 0 unspecified atom stereocenters. The number of hydrogen-bond acceptors (Lipinski definition) is 5. The lowest BCUT2D eigenvalue weighted by Gasteiger charge is -2.10. The van der Waals surface area contributed by atoms with Crippen LogP contribution in [0.15, 0.2) is 60.0 Å². The van der Waals surface area contributed by atoms with Crippen LogP contribution in [-0.4, -0.2) is 33.5 Å². The SMILES string of the molecule is Nc1cc(-c2nccn2-c2cccc(C3=NCCN3)c2)ccn1. The minimum absolute atomic E-state index is 0.482. The van der Waals surface area contributed by atoms with Crippen molar-refractivity contribution in [2.45, 2.75) is 0 Å². The Morgan fingerprint density at radius 2 is 2.00 bits per heavy atom. The standard InChI is InChI=1S/C17H16N6/c18-15-11-13(4-5-19-15)17-22-8-9-23(17)14-3-1-2-12(10-14)16-20-6-7-21-16/h1-5,8-11H,6-7H2,(H2,18,19)(H,20,21). The van der Waals surface area contributed by atoms with Crippen LogP contribution in [-0.2, 0) is 0 Å². The van der Waals surface area contributed by atoms with Gasteiger partial charge in [-0.15, -0.1) is 0 Å². The fraction of sp³-hybridized carbons (Fsp3) is 0.118. The Morgan fingerprint density at radius 1 is 1.04 bits per heavy atom. The topological polar surface area (TPSA) is 81.1 Å². The molecule has 0 saturated carbocycles. The van der Waals surface area contributed by atoms with Crippen LogP contribution in [0, 0.1) is 0 Å². The van der Waals surface area contributed by atoms with E-state index in [-0.39, 0.29) is 0 Å². The predicted molar refractivity (Wildman–Crippen MR) is 90.6 cm³/mol. The first-order chi connectivity index (χ1) is 11.3. The number of nitrogens with zero attached hydrogens (tertiary/aromatic N) is 4. The van der Waals surface area contributed by atoms with Gasteiger partial charge in [-0.2, -0.15) is 0 Å². The van der Waals surface area contributed by atoms with E-state index in [0.717, 1.165) is 41.6 Å². The maximum Gasteiger partial charge on any atom is 0.144 e. The van der Waals surface area contributed by atoms with Crippen LogP contribution in [0.25, 0.3) is 17.1 Å². The molecule has 0 atom stereocenters. The van der Waals surface area contributed by atoms with Gasteiger partial charge in [0.1, 0.15) is 17.5 Å². The first-order valence-electron chi connectivity index (χ1n) is 7.46. The van der Waals surface area contributed by atoms with E-state index in [1.54, 1.807) is 12.4 Å². The highest BCUT2D eigenvalue weighted by atomic mass is 15.1. The van der Waals surface area contributed by atoms with E-state index >= 15 is 0 Å². The van der Waals surface area contributed by atoms with E-state index in [1.165, 1.54) is 0 Å². The van der Waals surface area contributed by atoms with Gasteiger partial charge in [0, 0.05) is 41.9 Å². The van der Waals surface area contributed by atoms with Crippen molar-refractivity contribution in [1.82, 2.24) is 19.9 Å². The Bertz CT molecular complexity index is 880. The van der Waals surface area contributed by atoms with Gasteiger partial charge < -0.3 is 11.1 Å². The number of aromatic nitrogens is 3. The Labute approximate surface area is 133 Å². The number of imidazole rings is 1. The van der Waals surface area contributed by atoms with Crippen molar-refractivity contribution in [2.75, 3.05) is 18.8 Å². The summed E-state index contributed by atoms with van der Waals surface area (Å²) in [5.41, 5.74) is 8.83. The average molecular weight is 304 g/mol. The molecule has 0 saturated heterocycles. The largest absolute Gasteiger partial charge is 0.384 e. The van der Waals surface area contributed by atoms with Gasteiger partial charge >= 0.3 is 0 Å². The smallest absolute Gasteiger partial charge is 0.144 e. The highest BCUT2D eigenvalue weighted by molar-refractivity contribution is 6.00. The van der Waals surface area contributed by atoms with Gasteiger partial charge in [-0.3, -0.25) is 9.56 Å². The molecule has 0 fully saturated rings. The van der Waals surface area contributed by atoms with Gasteiger partial charge in [-0.25, -0.2) is 9.97 Å². The van der Waals surface area contributed by atoms with Crippen molar-refractivity contribution in [3.05, 3.63) is 60.6 Å². The summed E-state index contributed by atoms with van der Waals surface area (Å²) < 4.78 is 2.04. The lowest BCUT2D eigenvalue weighted by molar-refractivity contribution is 0.960. The summed E-state index contributed by atoms with van der Waals surface area (Å²) in [6, 6.07) is 12.0. The van der Waals surface area contributed by atoms with Gasteiger partial charge in [0.25, 0.3) is 0 Å². The molecule has 0 aliphatic carbocycles. The monoisotopic (exact) mass is 304 g/mol. The number of nitrogens with two attached hydrogens (primary N) is 1. The van der Waals surface area contributed by atoms with Crippen molar-refractivity contribution in [3.63, 3.8) is 0 Å². The van der Waals surface area contributed by atoms with Crippen molar-refractivity contribution in [1.29, 1.82) is 0 Å². The molecule has 1 aromatic carbocycles. The lowest BCUT2D eigenvalue weighted by Crippen LogP contribution is -2.19. The Balaban J connectivity index is 1.77. The number of amidine groups is 1. The number of pyridine rings is 1. The molecule has 4 rings (SSSR count). The average Bonchev–Trinajstić information content (AvgIpc) is 3.27. The summed E-state index contributed by atoms with van der Waals surface area (Å²) in [6.45, 7) is 1.72. The summed E-state index contributed by atoms with van der Waals surface area (Å²) >= 11 is 0. The predicted octanol–water partition coefficient (Wildman–Crippen LogP) is 1.87. The van der Waals surface area contributed by atoms with Gasteiger partial charge in [0.05, 0.1) is 6.54 Å². The zero-order chi connectivity index (χ0) is 15.6. The maximum atomic E-state index is 5.79. The lowest BCUT2D eigenvalue weighted by atomic mass is 10.1. The highest BCUT2D eigenvalue weighted by Crippen LogP contribution is 2.23. The summed E-state index contributed by atoms with van der Waals surface area (Å²) in [4.78, 5) is 13.0. The summed E-state index contributed by atoms with van der Waals surface area (Å²) in [7, 11) is 0. The van der Waals surface area contributed by atoms with E-state index in [9.17, 15) is 0 Å². The van der Waals surface area contributed by atoms with Crippen LogP contribution in [0.3, 0.4) is 0 Å². The van der Waals surface area contributed by atoms with Crippen molar-refractivity contribution < 1.29 is 0 Å². The number of nitrogens with one attached hydrogen (secondary N) is 1. The minimum Gasteiger partial charge on any atom is -0.384 e. The molecule has 6 nitrogen and oxygen atoms in total. The number of benzene rings is 1. The molecule has 3 N–H and O–H groups in total. The molecule has 6 heteroatoms. The molecule has 0 amide bonds. The molecule has 0 spiro atoms. The molecular weight excluding hydrogens is 288 g/mol. The quantitative estimate of drug-likeness (QED) is 0.774. The first-order valence-corrected chi connectivity index (χ1v) is 7.46. The number of aliphatic imine (C=N–C) groups is 1. The molecule has 114 valence electrons. The zero-order valence-electron chi connectivity index (χ0n) is 12.5. The van der Waals surface area contributed by atoms with Crippen LogP contribution >= 0.6 is 0 Å². The van der Waals surface area contributed by atoms with Crippen LogP contribution in [0.2, 0.25) is 0 Å². The second-order valence-corrected chi connectivity index (χ2v) is 5.30. The summed E-state index contributed by atoms with van der Waals surface area (Å²) in [5, 5.41) is 3.30. The Hall–Kier alpha value is -3.15. The van der Waals surface area contributed by atoms with Gasteiger partial charge in [-0.05, 0) is 24.3 Å². The number of hydrogen-bond donors (Lipinski definition) is 2. The third-order valence-electron chi connectivity index (χ3n) is 3.75. The zero-order valence-corrected chi connectivity index (χ0v) is 12.5.